The average molecular weight is 408 g/mol. The normalized spacial score (nSPS) is 16.9. The molecule has 1 amide bonds. The number of rotatable bonds is 4. The molecule has 0 spiro atoms. The van der Waals surface area contributed by atoms with Crippen LogP contribution in [-0.2, 0) is 4.79 Å². The average Bonchev–Trinajstić information content (AvgIpc) is 3.06. The summed E-state index contributed by atoms with van der Waals surface area (Å²) < 4.78 is 6.17. The number of hydrogen-bond donors (Lipinski definition) is 0. The molecule has 124 valence electrons. The molecule has 0 N–H and O–H groups in total. The van der Waals surface area contributed by atoms with Gasteiger partial charge in [-0.15, -0.1) is 11.6 Å². The highest BCUT2D eigenvalue weighted by Crippen LogP contribution is 2.34. The summed E-state index contributed by atoms with van der Waals surface area (Å²) >= 11 is 9.24. The van der Waals surface area contributed by atoms with E-state index in [0.29, 0.717) is 6.42 Å². The zero-order valence-electron chi connectivity index (χ0n) is 13.1. The number of carbonyl (C=O) groups excluding carboxylic acids is 1. The third kappa shape index (κ3) is 3.47. The van der Waals surface area contributed by atoms with Gasteiger partial charge in [-0.05, 0) is 35.4 Å². The Bertz CT molecular complexity index is 777. The van der Waals surface area contributed by atoms with Crippen molar-refractivity contribution in [3.8, 4) is 5.75 Å². The Morgan fingerprint density at radius 2 is 2.08 bits per heavy atom. The number of halogens is 2. The summed E-state index contributed by atoms with van der Waals surface area (Å²) in [4.78, 5) is 12.2. The highest BCUT2D eigenvalue weighted by atomic mass is 79.9. The number of nitrogens with zero attached hydrogens (tertiary/aromatic N) is 2. The van der Waals surface area contributed by atoms with Gasteiger partial charge in [-0.2, -0.15) is 5.10 Å². The second-order valence-electron chi connectivity index (χ2n) is 5.42. The van der Waals surface area contributed by atoms with Crippen LogP contribution in [0.25, 0.3) is 0 Å². The van der Waals surface area contributed by atoms with E-state index in [1.165, 1.54) is 5.01 Å². The zero-order valence-corrected chi connectivity index (χ0v) is 15.4. The van der Waals surface area contributed by atoms with E-state index in [9.17, 15) is 4.79 Å². The molecule has 2 aromatic carbocycles. The van der Waals surface area contributed by atoms with Gasteiger partial charge in [0.1, 0.15) is 11.6 Å². The molecule has 0 aromatic heterocycles. The molecular weight excluding hydrogens is 392 g/mol. The zero-order chi connectivity index (χ0) is 17.1. The highest BCUT2D eigenvalue weighted by Gasteiger charge is 2.32. The summed E-state index contributed by atoms with van der Waals surface area (Å²) in [5.74, 6) is 0.477. The van der Waals surface area contributed by atoms with Crippen molar-refractivity contribution in [2.45, 2.75) is 12.5 Å². The van der Waals surface area contributed by atoms with Gasteiger partial charge in [-0.25, -0.2) is 5.01 Å². The fourth-order valence-electron chi connectivity index (χ4n) is 2.73. The molecule has 0 bridgehead atoms. The maximum absolute atomic E-state index is 12.2. The molecule has 0 fully saturated rings. The minimum absolute atomic E-state index is 0.0953. The molecule has 0 saturated heterocycles. The van der Waals surface area contributed by atoms with Crippen LogP contribution in [-0.4, -0.2) is 29.6 Å². The monoisotopic (exact) mass is 406 g/mol. The summed E-state index contributed by atoms with van der Waals surface area (Å²) in [5, 5.41) is 6.03. The van der Waals surface area contributed by atoms with E-state index in [2.05, 4.69) is 21.0 Å². The first-order chi connectivity index (χ1) is 11.6. The molecule has 2 aromatic rings. The smallest absolute Gasteiger partial charge is 0.258 e. The fourth-order valence-corrected chi connectivity index (χ4v) is 3.25. The molecule has 3 rings (SSSR count). The summed E-state index contributed by atoms with van der Waals surface area (Å²) in [6.45, 7) is 0. The predicted octanol–water partition coefficient (Wildman–Crippen LogP) is 4.37. The molecule has 6 heteroatoms. The van der Waals surface area contributed by atoms with Crippen molar-refractivity contribution >= 4 is 39.1 Å². The number of alkyl halides is 1. The van der Waals surface area contributed by atoms with Crippen LogP contribution in [0.4, 0.5) is 0 Å². The van der Waals surface area contributed by atoms with Crippen molar-refractivity contribution in [2.75, 3.05) is 13.0 Å². The molecule has 0 aliphatic carbocycles. The lowest BCUT2D eigenvalue weighted by Crippen LogP contribution is -2.27. The summed E-state index contributed by atoms with van der Waals surface area (Å²) in [5.41, 5.74) is 2.87. The van der Waals surface area contributed by atoms with Crippen molar-refractivity contribution < 1.29 is 9.53 Å². The van der Waals surface area contributed by atoms with Crippen LogP contribution in [0.5, 0.6) is 5.75 Å². The van der Waals surface area contributed by atoms with Crippen molar-refractivity contribution in [3.63, 3.8) is 0 Å². The van der Waals surface area contributed by atoms with Gasteiger partial charge in [0, 0.05) is 10.9 Å². The van der Waals surface area contributed by atoms with E-state index < -0.39 is 0 Å². The van der Waals surface area contributed by atoms with Gasteiger partial charge in [-0.1, -0.05) is 40.2 Å². The van der Waals surface area contributed by atoms with E-state index in [1.54, 1.807) is 7.11 Å². The number of carbonyl (C=O) groups is 1. The lowest BCUT2D eigenvalue weighted by molar-refractivity contribution is -0.130. The Labute approximate surface area is 154 Å². The fraction of sp³-hybridized carbons (Fsp3) is 0.222. The van der Waals surface area contributed by atoms with Crippen molar-refractivity contribution in [1.82, 2.24) is 5.01 Å². The number of amides is 1. The van der Waals surface area contributed by atoms with E-state index >= 15 is 0 Å². The lowest BCUT2D eigenvalue weighted by Gasteiger charge is -2.21. The van der Waals surface area contributed by atoms with Crippen LogP contribution < -0.4 is 4.74 Å². The number of benzene rings is 2. The molecule has 1 unspecified atom stereocenters. The van der Waals surface area contributed by atoms with E-state index in [-0.39, 0.29) is 17.8 Å². The second-order valence-corrected chi connectivity index (χ2v) is 6.60. The summed E-state index contributed by atoms with van der Waals surface area (Å²) in [7, 11) is 1.63. The first-order valence-corrected chi connectivity index (χ1v) is 8.80. The molecule has 4 nitrogen and oxygen atoms in total. The Hall–Kier alpha value is -1.85. The number of ether oxygens (including phenoxy) is 1. The highest BCUT2D eigenvalue weighted by molar-refractivity contribution is 9.10. The van der Waals surface area contributed by atoms with Crippen LogP contribution in [0.15, 0.2) is 58.1 Å². The van der Waals surface area contributed by atoms with Gasteiger partial charge in [-0.3, -0.25) is 4.79 Å². The quantitative estimate of drug-likeness (QED) is 0.706. The Balaban J connectivity index is 1.93. The third-order valence-corrected chi connectivity index (χ3v) is 4.66. The van der Waals surface area contributed by atoms with Crippen LogP contribution in [0, 0.1) is 0 Å². The van der Waals surface area contributed by atoms with E-state index in [4.69, 9.17) is 16.3 Å². The molecule has 0 saturated carbocycles. The van der Waals surface area contributed by atoms with Crippen molar-refractivity contribution in [2.24, 2.45) is 5.10 Å². The van der Waals surface area contributed by atoms with Crippen LogP contribution in [0.2, 0.25) is 0 Å². The SMILES string of the molecule is COc1ccc(C2CC(c3cccc(Br)c3)=NN2C(=O)CCl)cc1. The number of hydrogen-bond acceptors (Lipinski definition) is 3. The second kappa shape index (κ2) is 7.36. The van der Waals surface area contributed by atoms with Crippen LogP contribution >= 0.6 is 27.5 Å². The first kappa shape index (κ1) is 17.0. The van der Waals surface area contributed by atoms with Gasteiger partial charge in [0.05, 0.1) is 18.9 Å². The van der Waals surface area contributed by atoms with Crippen molar-refractivity contribution in [1.29, 1.82) is 0 Å². The standard InChI is InChI=1S/C18H16BrClN2O2/c1-24-15-7-5-12(6-8-15)17-10-16(21-22(17)18(23)11-20)13-3-2-4-14(19)9-13/h2-9,17H,10-11H2,1H3. The van der Waals surface area contributed by atoms with E-state index in [0.717, 1.165) is 27.1 Å². The van der Waals surface area contributed by atoms with Crippen LogP contribution in [0.1, 0.15) is 23.6 Å². The largest absolute Gasteiger partial charge is 0.497 e. The van der Waals surface area contributed by atoms with Gasteiger partial charge < -0.3 is 4.74 Å². The topological polar surface area (TPSA) is 41.9 Å². The first-order valence-electron chi connectivity index (χ1n) is 7.47. The molecule has 0 radical (unpaired) electrons. The van der Waals surface area contributed by atoms with E-state index in [1.807, 2.05) is 48.5 Å². The van der Waals surface area contributed by atoms with Crippen molar-refractivity contribution in [3.05, 3.63) is 64.1 Å². The lowest BCUT2D eigenvalue weighted by atomic mass is 9.98. The van der Waals surface area contributed by atoms with Crippen LogP contribution in [0.3, 0.4) is 0 Å². The molecular formula is C18H16BrClN2O2. The minimum atomic E-state index is -0.206. The predicted molar refractivity (Wildman–Crippen MR) is 98.6 cm³/mol. The number of hydrazone groups is 1. The molecule has 1 atom stereocenters. The van der Waals surface area contributed by atoms with Gasteiger partial charge >= 0.3 is 0 Å². The van der Waals surface area contributed by atoms with Gasteiger partial charge in [0.2, 0.25) is 0 Å². The molecule has 1 aliphatic rings. The molecule has 24 heavy (non-hydrogen) atoms. The Morgan fingerprint density at radius 1 is 1.33 bits per heavy atom. The maximum atomic E-state index is 12.2. The Kier molecular flexibility index (Phi) is 5.21. The molecule has 1 heterocycles. The minimum Gasteiger partial charge on any atom is -0.497 e. The van der Waals surface area contributed by atoms with Gasteiger partial charge in [0.15, 0.2) is 0 Å². The molecule has 1 aliphatic heterocycles. The maximum Gasteiger partial charge on any atom is 0.258 e. The number of methoxy groups -OCH3 is 1. The van der Waals surface area contributed by atoms with Gasteiger partial charge in [0.25, 0.3) is 5.91 Å². The summed E-state index contributed by atoms with van der Waals surface area (Å²) in [6.07, 6.45) is 0.644. The summed E-state index contributed by atoms with van der Waals surface area (Å²) in [6, 6.07) is 15.4. The Morgan fingerprint density at radius 3 is 2.71 bits per heavy atom. The third-order valence-electron chi connectivity index (χ3n) is 3.94.